The molecule has 0 aromatic heterocycles. The zero-order valence-corrected chi connectivity index (χ0v) is 38.1. The largest absolute Gasteiger partial charge is 0.399 e. The van der Waals surface area contributed by atoms with Gasteiger partial charge in [-0.25, -0.2) is 4.79 Å². The van der Waals surface area contributed by atoms with Crippen molar-refractivity contribution in [2.45, 2.75) is 136 Å². The summed E-state index contributed by atoms with van der Waals surface area (Å²) in [5, 5.41) is 11.6. The Morgan fingerprint density at radius 2 is 1.42 bits per heavy atom. The Labute approximate surface area is 368 Å². The molecule has 1 fully saturated rings. The van der Waals surface area contributed by atoms with Crippen molar-refractivity contribution in [3.8, 4) is 0 Å². The van der Waals surface area contributed by atoms with Crippen LogP contribution in [-0.4, -0.2) is 108 Å². The van der Waals surface area contributed by atoms with E-state index < -0.39 is 53.8 Å². The second-order valence-corrected chi connectivity index (χ2v) is 17.7. The Morgan fingerprint density at radius 1 is 0.806 bits per heavy atom. The predicted octanol–water partition coefficient (Wildman–Crippen LogP) is 4.41. The Balaban J connectivity index is 1.90. The first kappa shape index (κ1) is 51.2. The number of nitrogens with two attached hydrogens (primary N) is 2. The van der Waals surface area contributed by atoms with Gasteiger partial charge in [-0.1, -0.05) is 45.0 Å². The number of urea groups is 1. The lowest BCUT2D eigenvalue weighted by Crippen LogP contribution is -2.56. The van der Waals surface area contributed by atoms with Gasteiger partial charge in [0.05, 0.1) is 12.1 Å². The van der Waals surface area contributed by atoms with Crippen LogP contribution in [0.4, 0.5) is 16.2 Å². The molecule has 62 heavy (non-hydrogen) atoms. The van der Waals surface area contributed by atoms with Crippen molar-refractivity contribution in [1.29, 1.82) is 0 Å². The lowest BCUT2D eigenvalue weighted by Gasteiger charge is -2.31. The molecule has 3 rings (SSSR count). The maximum Gasteiger partial charge on any atom is 0.316 e. The lowest BCUT2D eigenvalue weighted by molar-refractivity contribution is -0.142. The minimum atomic E-state index is -1.04. The standard InChI is InChI=1S/C47H72N8O7/c1-29(2)24-40(45(60)52-38(12-9-10-22-54(8)30(3)4)46(61)55-23-11-13-41(55)43(58)25-31(5)32(6)56)53-44(59)35(26-33-16-20-37(21-17-33)51-47(49)62)28-42(57)39(50-7)27-34-14-18-36(48)19-15-34/h14-21,29-31,35,38-41,50H,9-13,22-28,48H2,1-8H3,(H,52,60)(H,53,59)(H3,49,51,62)/t31-,35-,38-,39-,40-,41-/m0/s1. The van der Waals surface area contributed by atoms with Gasteiger partial charge in [0.1, 0.15) is 17.9 Å². The number of nitrogens with one attached hydrogen (secondary N) is 4. The number of rotatable bonds is 26. The average Bonchev–Trinajstić information content (AvgIpc) is 3.71. The fourth-order valence-electron chi connectivity index (χ4n) is 7.70. The van der Waals surface area contributed by atoms with Crippen LogP contribution in [0, 0.1) is 17.8 Å². The molecule has 2 aromatic rings. The third kappa shape index (κ3) is 16.6. The normalized spacial score (nSPS) is 16.4. The molecule has 1 aliphatic heterocycles. The monoisotopic (exact) mass is 861 g/mol. The molecule has 0 spiro atoms. The van der Waals surface area contributed by atoms with Crippen LogP contribution in [0.5, 0.6) is 0 Å². The summed E-state index contributed by atoms with van der Waals surface area (Å²) in [5.74, 6) is -3.20. The van der Waals surface area contributed by atoms with Gasteiger partial charge in [-0.2, -0.15) is 0 Å². The quantitative estimate of drug-likeness (QED) is 0.0577. The number of likely N-dealkylation sites (tertiary alicyclic amines) is 1. The summed E-state index contributed by atoms with van der Waals surface area (Å²) < 4.78 is 0. The zero-order valence-electron chi connectivity index (χ0n) is 38.1. The molecule has 8 N–H and O–H groups in total. The first-order valence-corrected chi connectivity index (χ1v) is 22.1. The van der Waals surface area contributed by atoms with Crippen LogP contribution >= 0.6 is 0 Å². The van der Waals surface area contributed by atoms with E-state index in [9.17, 15) is 33.6 Å². The van der Waals surface area contributed by atoms with Crippen LogP contribution in [0.15, 0.2) is 48.5 Å². The summed E-state index contributed by atoms with van der Waals surface area (Å²) in [6.45, 7) is 12.4. The van der Waals surface area contributed by atoms with E-state index in [1.807, 2.05) is 33.0 Å². The number of Topliss-reactive ketones (excluding diaryl/α,β-unsaturated/α-hetero) is 3. The minimum Gasteiger partial charge on any atom is -0.399 e. The second kappa shape index (κ2) is 25.1. The number of carbonyl (C=O) groups is 7. The molecule has 1 aliphatic rings. The van der Waals surface area contributed by atoms with Gasteiger partial charge in [0.25, 0.3) is 0 Å². The van der Waals surface area contributed by atoms with Crippen molar-refractivity contribution in [3.63, 3.8) is 0 Å². The van der Waals surface area contributed by atoms with Crippen LogP contribution in [0.3, 0.4) is 0 Å². The van der Waals surface area contributed by atoms with Gasteiger partial charge in [0.15, 0.2) is 11.6 Å². The fraction of sp³-hybridized carbons (Fsp3) is 0.596. The van der Waals surface area contributed by atoms with Gasteiger partial charge in [0.2, 0.25) is 17.7 Å². The summed E-state index contributed by atoms with van der Waals surface area (Å²) in [4.78, 5) is 97.7. The van der Waals surface area contributed by atoms with E-state index in [0.29, 0.717) is 56.1 Å². The number of amides is 5. The third-order valence-corrected chi connectivity index (χ3v) is 11.9. The molecule has 0 aliphatic carbocycles. The van der Waals surface area contributed by atoms with Crippen molar-refractivity contribution in [2.24, 2.45) is 23.5 Å². The summed E-state index contributed by atoms with van der Waals surface area (Å²) in [5.41, 5.74) is 13.9. The molecule has 1 heterocycles. The lowest BCUT2D eigenvalue weighted by atomic mass is 9.89. The average molecular weight is 861 g/mol. The van der Waals surface area contributed by atoms with Crippen LogP contribution in [0.2, 0.25) is 0 Å². The number of anilines is 2. The molecule has 0 saturated carbocycles. The highest BCUT2D eigenvalue weighted by atomic mass is 16.2. The van der Waals surface area contributed by atoms with Crippen LogP contribution < -0.4 is 32.7 Å². The van der Waals surface area contributed by atoms with Crippen molar-refractivity contribution in [3.05, 3.63) is 59.7 Å². The number of carbonyl (C=O) groups excluding carboxylic acids is 7. The molecule has 0 radical (unpaired) electrons. The van der Waals surface area contributed by atoms with Crippen LogP contribution in [-0.2, 0) is 41.6 Å². The number of nitrogen functional groups attached to an aromatic ring is 1. The summed E-state index contributed by atoms with van der Waals surface area (Å²) >= 11 is 0. The van der Waals surface area contributed by atoms with Gasteiger partial charge < -0.3 is 42.5 Å². The highest BCUT2D eigenvalue weighted by Crippen LogP contribution is 2.24. The maximum atomic E-state index is 14.4. The van der Waals surface area contributed by atoms with Crippen molar-refractivity contribution >= 4 is 52.5 Å². The first-order chi connectivity index (χ1) is 29.3. The summed E-state index contributed by atoms with van der Waals surface area (Å²) in [7, 11) is 3.72. The van der Waals surface area contributed by atoms with E-state index in [0.717, 1.165) is 24.1 Å². The van der Waals surface area contributed by atoms with Crippen LogP contribution in [0.1, 0.15) is 104 Å². The summed E-state index contributed by atoms with van der Waals surface area (Å²) in [6, 6.07) is 10.4. The van der Waals surface area contributed by atoms with Gasteiger partial charge in [-0.3, -0.25) is 28.8 Å². The van der Waals surface area contributed by atoms with Gasteiger partial charge in [-0.15, -0.1) is 0 Å². The molecule has 5 amide bonds. The Hall–Kier alpha value is -5.15. The fourth-order valence-corrected chi connectivity index (χ4v) is 7.70. The van der Waals surface area contributed by atoms with E-state index in [-0.39, 0.29) is 54.9 Å². The molecular formula is C47H72N8O7. The SMILES string of the molecule is CN[C@@H](Cc1ccc(N)cc1)C(=O)C[C@H](Cc1ccc(NC(N)=O)cc1)C(=O)N[C@@H](CC(C)C)C(=O)N[C@@H](CCCCN(C)C(C)C)C(=O)N1CCC[C@H]1C(=O)C[C@H](C)C(C)=O. The number of hydrogen-bond acceptors (Lipinski definition) is 10. The van der Waals surface area contributed by atoms with Gasteiger partial charge in [-0.05, 0) is 134 Å². The van der Waals surface area contributed by atoms with E-state index in [1.165, 1.54) is 6.92 Å². The minimum absolute atomic E-state index is 0.0328. The zero-order chi connectivity index (χ0) is 46.1. The number of unbranched alkanes of at least 4 members (excludes halogenated alkanes) is 1. The number of nitrogens with zero attached hydrogens (tertiary/aromatic N) is 2. The second-order valence-electron chi connectivity index (χ2n) is 17.7. The van der Waals surface area contributed by atoms with E-state index >= 15 is 0 Å². The van der Waals surface area contributed by atoms with Gasteiger partial charge in [0, 0.05) is 48.6 Å². The third-order valence-electron chi connectivity index (χ3n) is 11.9. The number of ketones is 3. The summed E-state index contributed by atoms with van der Waals surface area (Å²) in [6.07, 6.45) is 3.54. The molecule has 6 atom stereocenters. The highest BCUT2D eigenvalue weighted by molar-refractivity contribution is 5.97. The Bertz CT molecular complexity index is 1820. The molecule has 15 heteroatoms. The number of hydrogen-bond donors (Lipinski definition) is 6. The molecule has 15 nitrogen and oxygen atoms in total. The van der Waals surface area contributed by atoms with Crippen molar-refractivity contribution in [1.82, 2.24) is 25.8 Å². The molecular weight excluding hydrogens is 789 g/mol. The van der Waals surface area contributed by atoms with E-state index in [2.05, 4.69) is 40.0 Å². The van der Waals surface area contributed by atoms with Crippen molar-refractivity contribution < 1.29 is 33.6 Å². The topological polar surface area (TPSA) is 226 Å². The van der Waals surface area contributed by atoms with Crippen LogP contribution in [0.25, 0.3) is 0 Å². The highest BCUT2D eigenvalue weighted by Gasteiger charge is 2.39. The number of benzene rings is 2. The molecule has 0 bridgehead atoms. The van der Waals surface area contributed by atoms with E-state index in [4.69, 9.17) is 11.5 Å². The Kier molecular flexibility index (Phi) is 20.7. The molecule has 2 aromatic carbocycles. The predicted molar refractivity (Wildman–Crippen MR) is 243 cm³/mol. The number of likely N-dealkylation sites (N-methyl/N-ethyl adjacent to an activating group) is 1. The molecule has 0 unspecified atom stereocenters. The number of primary amides is 1. The van der Waals surface area contributed by atoms with Gasteiger partial charge >= 0.3 is 6.03 Å². The van der Waals surface area contributed by atoms with E-state index in [1.54, 1.807) is 55.3 Å². The first-order valence-electron chi connectivity index (χ1n) is 22.1. The smallest absolute Gasteiger partial charge is 0.316 e. The maximum absolute atomic E-state index is 14.4. The molecule has 1 saturated heterocycles. The molecule has 342 valence electrons. The van der Waals surface area contributed by atoms with Crippen molar-refractivity contribution in [2.75, 3.05) is 38.2 Å². The Morgan fingerprint density at radius 3 is 2.00 bits per heavy atom.